The smallest absolute Gasteiger partial charge is 0.237 e. The number of carbonyl (C=O) groups is 2. The number of para-hydroxylation sites is 1. The van der Waals surface area contributed by atoms with E-state index in [1.54, 1.807) is 26.0 Å². The molecule has 4 heteroatoms. The Balaban J connectivity index is 2.35. The van der Waals surface area contributed by atoms with Gasteiger partial charge in [0.15, 0.2) is 0 Å². The lowest BCUT2D eigenvalue weighted by Gasteiger charge is -2.32. The average Bonchev–Trinajstić information content (AvgIpc) is 2.39. The number of amides is 1. The highest BCUT2D eigenvalue weighted by Gasteiger charge is 2.35. The van der Waals surface area contributed by atoms with Crippen LogP contribution in [0.15, 0.2) is 18.2 Å². The van der Waals surface area contributed by atoms with Crippen molar-refractivity contribution in [3.8, 4) is 0 Å². The van der Waals surface area contributed by atoms with Crippen molar-refractivity contribution in [2.24, 2.45) is 5.92 Å². The van der Waals surface area contributed by atoms with Crippen molar-refractivity contribution in [2.75, 3.05) is 11.4 Å². The molecule has 2 rings (SSSR count). The highest BCUT2D eigenvalue weighted by atomic mass is 19.1. The summed E-state index contributed by atoms with van der Waals surface area (Å²) in [6.45, 7) is 4.01. The molecule has 1 atom stereocenters. The zero-order valence-corrected chi connectivity index (χ0v) is 11.3. The molecule has 1 heterocycles. The second-order valence-corrected chi connectivity index (χ2v) is 4.91. The minimum Gasteiger partial charge on any atom is -0.309 e. The summed E-state index contributed by atoms with van der Waals surface area (Å²) in [5.41, 5.74) is 1.04. The predicted octanol–water partition coefficient (Wildman–Crippen LogP) is 2.86. The van der Waals surface area contributed by atoms with E-state index in [-0.39, 0.29) is 11.7 Å². The van der Waals surface area contributed by atoms with Crippen molar-refractivity contribution in [2.45, 2.75) is 33.1 Å². The molecular formula is C15H18FNO2. The molecule has 1 fully saturated rings. The second-order valence-electron chi connectivity index (χ2n) is 4.91. The van der Waals surface area contributed by atoms with Crippen LogP contribution in [0.25, 0.3) is 0 Å². The van der Waals surface area contributed by atoms with Gasteiger partial charge in [0.1, 0.15) is 11.6 Å². The van der Waals surface area contributed by atoms with Crippen LogP contribution in [0.2, 0.25) is 0 Å². The van der Waals surface area contributed by atoms with E-state index < -0.39 is 11.7 Å². The van der Waals surface area contributed by atoms with E-state index in [4.69, 9.17) is 0 Å². The van der Waals surface area contributed by atoms with Gasteiger partial charge in [-0.05, 0) is 31.4 Å². The number of hydrogen-bond acceptors (Lipinski definition) is 2. The van der Waals surface area contributed by atoms with Crippen molar-refractivity contribution < 1.29 is 14.0 Å². The molecule has 0 bridgehead atoms. The van der Waals surface area contributed by atoms with E-state index in [9.17, 15) is 14.0 Å². The van der Waals surface area contributed by atoms with Gasteiger partial charge in [0, 0.05) is 13.0 Å². The molecule has 102 valence electrons. The maximum absolute atomic E-state index is 13.9. The molecule has 1 aromatic rings. The van der Waals surface area contributed by atoms with Crippen LogP contribution in [-0.2, 0) is 9.59 Å². The third-order valence-electron chi connectivity index (χ3n) is 3.63. The Morgan fingerprint density at radius 1 is 1.47 bits per heavy atom. The van der Waals surface area contributed by atoms with Crippen molar-refractivity contribution in [1.29, 1.82) is 0 Å². The Morgan fingerprint density at radius 2 is 2.21 bits per heavy atom. The Kier molecular flexibility index (Phi) is 3.98. The number of nitrogens with zero attached hydrogens (tertiary/aromatic N) is 1. The normalized spacial score (nSPS) is 19.6. The zero-order chi connectivity index (χ0) is 14.0. The lowest BCUT2D eigenvalue weighted by atomic mass is 9.91. The van der Waals surface area contributed by atoms with Gasteiger partial charge in [-0.25, -0.2) is 4.39 Å². The number of aryl methyl sites for hydroxylation is 1. The van der Waals surface area contributed by atoms with Crippen LogP contribution in [0.4, 0.5) is 10.1 Å². The number of ketones is 1. The minimum absolute atomic E-state index is 0.0521. The number of halogens is 1. The molecule has 0 aromatic heterocycles. The fourth-order valence-corrected chi connectivity index (χ4v) is 2.61. The lowest BCUT2D eigenvalue weighted by Crippen LogP contribution is -2.44. The van der Waals surface area contributed by atoms with E-state index in [1.165, 1.54) is 11.0 Å². The van der Waals surface area contributed by atoms with E-state index in [0.29, 0.717) is 25.1 Å². The zero-order valence-electron chi connectivity index (χ0n) is 11.3. The molecule has 1 aliphatic rings. The van der Waals surface area contributed by atoms with Gasteiger partial charge in [0.25, 0.3) is 0 Å². The first-order chi connectivity index (χ1) is 9.06. The van der Waals surface area contributed by atoms with Gasteiger partial charge in [-0.2, -0.15) is 0 Å². The van der Waals surface area contributed by atoms with Crippen LogP contribution >= 0.6 is 0 Å². The SMILES string of the molecule is CCC(=O)C1CCCN(c2c(C)cccc2F)C1=O. The third-order valence-corrected chi connectivity index (χ3v) is 3.63. The summed E-state index contributed by atoms with van der Waals surface area (Å²) < 4.78 is 13.9. The molecule has 0 saturated carbocycles. The molecule has 0 N–H and O–H groups in total. The molecule has 1 aliphatic heterocycles. The summed E-state index contributed by atoms with van der Waals surface area (Å²) in [4.78, 5) is 25.6. The van der Waals surface area contributed by atoms with Gasteiger partial charge in [-0.15, -0.1) is 0 Å². The van der Waals surface area contributed by atoms with Gasteiger partial charge >= 0.3 is 0 Å². The Bertz CT molecular complexity index is 493. The maximum atomic E-state index is 13.9. The van der Waals surface area contributed by atoms with Gasteiger partial charge in [-0.1, -0.05) is 19.1 Å². The summed E-state index contributed by atoms with van der Waals surface area (Å²) in [7, 11) is 0. The minimum atomic E-state index is -0.599. The molecule has 0 spiro atoms. The summed E-state index contributed by atoms with van der Waals surface area (Å²) >= 11 is 0. The monoisotopic (exact) mass is 263 g/mol. The first-order valence-corrected chi connectivity index (χ1v) is 6.65. The van der Waals surface area contributed by atoms with Crippen molar-refractivity contribution in [1.82, 2.24) is 0 Å². The molecule has 1 unspecified atom stereocenters. The fraction of sp³-hybridized carbons (Fsp3) is 0.467. The van der Waals surface area contributed by atoms with Crippen molar-refractivity contribution in [3.63, 3.8) is 0 Å². The summed E-state index contributed by atoms with van der Waals surface area (Å²) in [5.74, 6) is -1.31. The highest BCUT2D eigenvalue weighted by Crippen LogP contribution is 2.30. The highest BCUT2D eigenvalue weighted by molar-refractivity contribution is 6.09. The van der Waals surface area contributed by atoms with E-state index in [2.05, 4.69) is 0 Å². The van der Waals surface area contributed by atoms with E-state index in [0.717, 1.165) is 12.0 Å². The van der Waals surface area contributed by atoms with E-state index >= 15 is 0 Å². The van der Waals surface area contributed by atoms with Crippen molar-refractivity contribution in [3.05, 3.63) is 29.6 Å². The number of hydrogen-bond donors (Lipinski definition) is 0. The molecule has 3 nitrogen and oxygen atoms in total. The Hall–Kier alpha value is -1.71. The Morgan fingerprint density at radius 3 is 2.84 bits per heavy atom. The van der Waals surface area contributed by atoms with Crippen molar-refractivity contribution >= 4 is 17.4 Å². The summed E-state index contributed by atoms with van der Waals surface area (Å²) in [6.07, 6.45) is 1.66. The number of carbonyl (C=O) groups excluding carboxylic acids is 2. The topological polar surface area (TPSA) is 37.4 Å². The number of Topliss-reactive ketones (excluding diaryl/α,β-unsaturated/α-hetero) is 1. The van der Waals surface area contributed by atoms with Crippen LogP contribution < -0.4 is 4.90 Å². The Labute approximate surface area is 112 Å². The van der Waals surface area contributed by atoms with E-state index in [1.807, 2.05) is 0 Å². The van der Waals surface area contributed by atoms with Crippen LogP contribution in [0.5, 0.6) is 0 Å². The van der Waals surface area contributed by atoms with Gasteiger partial charge in [-0.3, -0.25) is 9.59 Å². The van der Waals surface area contributed by atoms with Crippen LogP contribution in [0, 0.1) is 18.7 Å². The number of benzene rings is 1. The summed E-state index contributed by atoms with van der Waals surface area (Å²) in [5, 5.41) is 0. The second kappa shape index (κ2) is 5.51. The molecule has 19 heavy (non-hydrogen) atoms. The van der Waals surface area contributed by atoms with Gasteiger partial charge < -0.3 is 4.90 Å². The molecular weight excluding hydrogens is 245 g/mol. The maximum Gasteiger partial charge on any atom is 0.237 e. The van der Waals surface area contributed by atoms with Gasteiger partial charge in [0.2, 0.25) is 5.91 Å². The molecule has 0 radical (unpaired) electrons. The largest absolute Gasteiger partial charge is 0.309 e. The first-order valence-electron chi connectivity index (χ1n) is 6.65. The third kappa shape index (κ3) is 2.53. The fourth-order valence-electron chi connectivity index (χ4n) is 2.61. The summed E-state index contributed by atoms with van der Waals surface area (Å²) in [6, 6.07) is 4.75. The molecule has 0 aliphatic carbocycles. The molecule has 1 saturated heterocycles. The number of anilines is 1. The first kappa shape index (κ1) is 13.7. The van der Waals surface area contributed by atoms with Crippen LogP contribution in [-0.4, -0.2) is 18.2 Å². The average molecular weight is 263 g/mol. The predicted molar refractivity (Wildman–Crippen MR) is 71.5 cm³/mol. The number of piperidine rings is 1. The van der Waals surface area contributed by atoms with Gasteiger partial charge in [0.05, 0.1) is 11.6 Å². The quantitative estimate of drug-likeness (QED) is 0.786. The lowest BCUT2D eigenvalue weighted by molar-refractivity contribution is -0.133. The molecule has 1 aromatic carbocycles. The number of rotatable bonds is 3. The molecule has 1 amide bonds. The van der Waals surface area contributed by atoms with Crippen LogP contribution in [0.3, 0.4) is 0 Å². The van der Waals surface area contributed by atoms with Crippen LogP contribution in [0.1, 0.15) is 31.7 Å². The standard InChI is InChI=1S/C15H18FNO2/c1-3-13(18)11-7-5-9-17(15(11)19)14-10(2)6-4-8-12(14)16/h4,6,8,11H,3,5,7,9H2,1-2H3.